The molecule has 4 aromatic rings. The number of carboxylic acid groups (broad SMARTS) is 1. The van der Waals surface area contributed by atoms with Gasteiger partial charge in [0.15, 0.2) is 0 Å². The highest BCUT2D eigenvalue weighted by molar-refractivity contribution is 6.30. The maximum absolute atomic E-state index is 13.0. The topological polar surface area (TPSA) is 119 Å². The molecule has 0 saturated heterocycles. The second-order valence-electron chi connectivity index (χ2n) is 7.95. The van der Waals surface area contributed by atoms with Crippen LogP contribution in [0, 0.1) is 0 Å². The standard InChI is InChI=1S/C27H23ClN4O5/c1-2-31-26(35)30-25(32(27(31)36)17-19-6-9-20(28)10-7-19)29-21-11-13-22(14-12-21)37-23-5-3-4-18(16-23)8-15-24(33)34/h3-16H,2,17H2,1H3,(H,33,34)(H,29,30,35)/b15-8+. The van der Waals surface area contributed by atoms with Gasteiger partial charge in [0.2, 0.25) is 5.62 Å². The summed E-state index contributed by atoms with van der Waals surface area (Å²) < 4.78 is 8.36. The fourth-order valence-electron chi connectivity index (χ4n) is 3.53. The van der Waals surface area contributed by atoms with E-state index in [-0.39, 0.29) is 18.7 Å². The van der Waals surface area contributed by atoms with Crippen molar-refractivity contribution in [3.8, 4) is 11.5 Å². The van der Waals surface area contributed by atoms with Crippen LogP contribution in [-0.4, -0.2) is 25.2 Å². The van der Waals surface area contributed by atoms with Gasteiger partial charge in [-0.1, -0.05) is 35.9 Å². The van der Waals surface area contributed by atoms with Crippen LogP contribution in [0.1, 0.15) is 18.1 Å². The Morgan fingerprint density at radius 1 is 1.03 bits per heavy atom. The van der Waals surface area contributed by atoms with Crippen LogP contribution in [0.4, 0.5) is 5.69 Å². The molecule has 1 aromatic heterocycles. The van der Waals surface area contributed by atoms with Gasteiger partial charge < -0.3 is 9.84 Å². The third kappa shape index (κ3) is 6.53. The molecule has 0 aliphatic rings. The maximum atomic E-state index is 13.0. The lowest BCUT2D eigenvalue weighted by Crippen LogP contribution is -2.49. The molecule has 0 fully saturated rings. The van der Waals surface area contributed by atoms with Crippen molar-refractivity contribution in [2.75, 3.05) is 0 Å². The molecule has 0 spiro atoms. The van der Waals surface area contributed by atoms with Crippen molar-refractivity contribution in [2.24, 2.45) is 4.99 Å². The summed E-state index contributed by atoms with van der Waals surface area (Å²) in [5.41, 5.74) is 1.09. The molecule has 0 aliphatic carbocycles. The van der Waals surface area contributed by atoms with Crippen LogP contribution in [0.15, 0.2) is 93.5 Å². The molecule has 0 bridgehead atoms. The van der Waals surface area contributed by atoms with Gasteiger partial charge in [0, 0.05) is 17.6 Å². The normalized spacial score (nSPS) is 11.7. The van der Waals surface area contributed by atoms with Gasteiger partial charge in [-0.25, -0.2) is 23.9 Å². The highest BCUT2D eigenvalue weighted by Crippen LogP contribution is 2.25. The number of aromatic amines is 1. The van der Waals surface area contributed by atoms with Crippen molar-refractivity contribution in [1.82, 2.24) is 14.1 Å². The van der Waals surface area contributed by atoms with Crippen molar-refractivity contribution < 1.29 is 14.6 Å². The zero-order valence-corrected chi connectivity index (χ0v) is 20.6. The van der Waals surface area contributed by atoms with Crippen molar-refractivity contribution in [1.29, 1.82) is 0 Å². The number of hydrogen-bond acceptors (Lipinski definition) is 5. The first-order valence-corrected chi connectivity index (χ1v) is 11.7. The monoisotopic (exact) mass is 518 g/mol. The molecule has 0 atom stereocenters. The van der Waals surface area contributed by atoms with E-state index in [1.54, 1.807) is 79.7 Å². The summed E-state index contributed by atoms with van der Waals surface area (Å²) in [7, 11) is 0. The van der Waals surface area contributed by atoms with Crippen LogP contribution in [-0.2, 0) is 17.9 Å². The second-order valence-corrected chi connectivity index (χ2v) is 8.38. The van der Waals surface area contributed by atoms with Crippen LogP contribution in [0.2, 0.25) is 5.02 Å². The summed E-state index contributed by atoms with van der Waals surface area (Å²) in [4.78, 5) is 43.4. The summed E-state index contributed by atoms with van der Waals surface area (Å²) in [5.74, 6) is 0.0290. The minimum absolute atomic E-state index is 0.112. The number of carbonyl (C=O) groups is 1. The number of nitrogens with one attached hydrogen (secondary N) is 1. The first-order chi connectivity index (χ1) is 17.8. The molecule has 1 heterocycles. The van der Waals surface area contributed by atoms with Gasteiger partial charge in [0.05, 0.1) is 12.2 Å². The van der Waals surface area contributed by atoms with Gasteiger partial charge in [0.1, 0.15) is 11.5 Å². The predicted molar refractivity (Wildman–Crippen MR) is 140 cm³/mol. The molecule has 0 aliphatic heterocycles. The maximum Gasteiger partial charge on any atom is 0.335 e. The molecule has 2 N–H and O–H groups in total. The van der Waals surface area contributed by atoms with E-state index >= 15 is 0 Å². The molecular formula is C27H23ClN4O5. The molecule has 0 amide bonds. The fourth-order valence-corrected chi connectivity index (χ4v) is 3.66. The lowest BCUT2D eigenvalue weighted by Gasteiger charge is -2.10. The number of H-pyrrole nitrogens is 1. The van der Waals surface area contributed by atoms with Gasteiger partial charge in [-0.2, -0.15) is 0 Å². The third-order valence-corrected chi connectivity index (χ3v) is 5.59. The Morgan fingerprint density at radius 3 is 2.43 bits per heavy atom. The number of aromatic nitrogens is 3. The SMILES string of the molecule is CCn1c(=O)[nH]/c(=N\c2ccc(Oc3cccc(/C=C/C(=O)O)c3)cc2)n(Cc2ccc(Cl)cc2)c1=O. The van der Waals surface area contributed by atoms with Crippen molar-refractivity contribution in [3.05, 3.63) is 122 Å². The van der Waals surface area contributed by atoms with Gasteiger partial charge in [-0.15, -0.1) is 0 Å². The first kappa shape index (κ1) is 25.5. The number of nitrogens with zero attached hydrogens (tertiary/aromatic N) is 3. The predicted octanol–water partition coefficient (Wildman–Crippen LogP) is 4.18. The molecule has 10 heteroatoms. The molecule has 4 rings (SSSR count). The van der Waals surface area contributed by atoms with Crippen LogP contribution in [0.3, 0.4) is 0 Å². The van der Waals surface area contributed by atoms with E-state index in [9.17, 15) is 14.4 Å². The lowest BCUT2D eigenvalue weighted by molar-refractivity contribution is -0.131. The summed E-state index contributed by atoms with van der Waals surface area (Å²) >= 11 is 5.98. The van der Waals surface area contributed by atoms with E-state index in [1.807, 2.05) is 0 Å². The number of benzene rings is 3. The zero-order chi connectivity index (χ0) is 26.4. The van der Waals surface area contributed by atoms with E-state index in [4.69, 9.17) is 21.4 Å². The Balaban J connectivity index is 1.64. The Hall–Kier alpha value is -4.63. The Kier molecular flexibility index (Phi) is 7.85. The molecular weight excluding hydrogens is 496 g/mol. The lowest BCUT2D eigenvalue weighted by atomic mass is 10.2. The summed E-state index contributed by atoms with van der Waals surface area (Å²) in [5, 5.41) is 9.38. The number of hydrogen-bond donors (Lipinski definition) is 2. The Labute approximate surface area is 216 Å². The van der Waals surface area contributed by atoms with Crippen LogP contribution < -0.4 is 21.7 Å². The molecule has 0 unspecified atom stereocenters. The van der Waals surface area contributed by atoms with Crippen molar-refractivity contribution in [2.45, 2.75) is 20.0 Å². The fraction of sp³-hybridized carbons (Fsp3) is 0.111. The first-order valence-electron chi connectivity index (χ1n) is 11.3. The minimum Gasteiger partial charge on any atom is -0.478 e. The summed E-state index contributed by atoms with van der Waals surface area (Å²) in [6.45, 7) is 2.13. The average Bonchev–Trinajstić information content (AvgIpc) is 2.88. The van der Waals surface area contributed by atoms with Gasteiger partial charge >= 0.3 is 17.3 Å². The molecule has 0 saturated carbocycles. The van der Waals surface area contributed by atoms with Crippen LogP contribution in [0.5, 0.6) is 11.5 Å². The number of ether oxygens (including phenoxy) is 1. The number of carboxylic acids is 1. The molecule has 188 valence electrons. The van der Waals surface area contributed by atoms with Crippen molar-refractivity contribution >= 4 is 29.3 Å². The smallest absolute Gasteiger partial charge is 0.335 e. The molecule has 3 aromatic carbocycles. The number of aliphatic carboxylic acids is 1. The highest BCUT2D eigenvalue weighted by atomic mass is 35.5. The Bertz CT molecular complexity index is 1630. The summed E-state index contributed by atoms with van der Waals surface area (Å²) in [6, 6.07) is 20.9. The Morgan fingerprint density at radius 2 is 1.76 bits per heavy atom. The highest BCUT2D eigenvalue weighted by Gasteiger charge is 2.09. The van der Waals surface area contributed by atoms with E-state index in [2.05, 4.69) is 9.98 Å². The largest absolute Gasteiger partial charge is 0.478 e. The van der Waals surface area contributed by atoms with Crippen LogP contribution >= 0.6 is 11.6 Å². The number of halogens is 1. The molecule has 37 heavy (non-hydrogen) atoms. The zero-order valence-electron chi connectivity index (χ0n) is 19.8. The summed E-state index contributed by atoms with van der Waals surface area (Å²) in [6.07, 6.45) is 2.53. The second kappa shape index (κ2) is 11.4. The van der Waals surface area contributed by atoms with E-state index in [0.29, 0.717) is 27.8 Å². The number of rotatable bonds is 8. The van der Waals surface area contributed by atoms with Crippen LogP contribution in [0.25, 0.3) is 6.08 Å². The molecule has 0 radical (unpaired) electrons. The minimum atomic E-state index is -1.03. The van der Waals surface area contributed by atoms with E-state index in [1.165, 1.54) is 10.6 Å². The molecule has 9 nitrogen and oxygen atoms in total. The van der Waals surface area contributed by atoms with Crippen molar-refractivity contribution in [3.63, 3.8) is 0 Å². The van der Waals surface area contributed by atoms with Gasteiger partial charge in [-0.3, -0.25) is 9.55 Å². The quantitative estimate of drug-likeness (QED) is 0.339. The third-order valence-electron chi connectivity index (χ3n) is 5.34. The van der Waals surface area contributed by atoms with E-state index < -0.39 is 17.3 Å². The van der Waals surface area contributed by atoms with Gasteiger partial charge in [-0.05, 0) is 72.7 Å². The average molecular weight is 519 g/mol. The van der Waals surface area contributed by atoms with Gasteiger partial charge in [0.25, 0.3) is 0 Å². The van der Waals surface area contributed by atoms with E-state index in [0.717, 1.165) is 16.2 Å².